The van der Waals surface area contributed by atoms with Gasteiger partial charge in [0.15, 0.2) is 0 Å². The van der Waals surface area contributed by atoms with Crippen molar-refractivity contribution in [3.8, 4) is 5.75 Å². The van der Waals surface area contributed by atoms with Crippen molar-refractivity contribution < 1.29 is 9.47 Å². The predicted molar refractivity (Wildman–Crippen MR) is 68.7 cm³/mol. The quantitative estimate of drug-likeness (QED) is 0.757. The molecule has 1 N–H and O–H groups in total. The number of rotatable bonds is 7. The lowest BCUT2D eigenvalue weighted by atomic mass is 10.2. The predicted octanol–water partition coefficient (Wildman–Crippen LogP) is 1.74. The van der Waals surface area contributed by atoms with Crippen molar-refractivity contribution in [2.24, 2.45) is 0 Å². The fraction of sp³-hybridized carbons (Fsp3) is 0.583. The number of aromatic nitrogens is 1. The molecular formula is C12H19ClN2O2. The van der Waals surface area contributed by atoms with Gasteiger partial charge in [0, 0.05) is 43.4 Å². The summed E-state index contributed by atoms with van der Waals surface area (Å²) < 4.78 is 10.3. The highest BCUT2D eigenvalue weighted by atomic mass is 35.5. The minimum atomic E-state index is 0.134. The van der Waals surface area contributed by atoms with Crippen LogP contribution in [0.25, 0.3) is 0 Å². The number of ether oxygens (including phenoxy) is 2. The molecule has 0 aliphatic heterocycles. The molecule has 1 aromatic rings. The number of alkyl halides is 1. The third kappa shape index (κ3) is 4.89. The summed E-state index contributed by atoms with van der Waals surface area (Å²) >= 11 is 5.81. The van der Waals surface area contributed by atoms with Crippen LogP contribution in [0.1, 0.15) is 11.4 Å². The number of pyridine rings is 1. The lowest BCUT2D eigenvalue weighted by Crippen LogP contribution is -2.34. The zero-order valence-electron chi connectivity index (χ0n) is 10.5. The molecule has 0 aliphatic rings. The average Bonchev–Trinajstić information content (AvgIpc) is 2.33. The van der Waals surface area contributed by atoms with Crippen molar-refractivity contribution in [2.45, 2.75) is 19.5 Å². The van der Waals surface area contributed by atoms with Gasteiger partial charge >= 0.3 is 0 Å². The molecule has 0 bridgehead atoms. The first-order chi connectivity index (χ1) is 8.19. The van der Waals surface area contributed by atoms with E-state index in [9.17, 15) is 0 Å². The van der Waals surface area contributed by atoms with Gasteiger partial charge in [-0.05, 0) is 6.92 Å². The molecule has 0 spiro atoms. The van der Waals surface area contributed by atoms with Crippen molar-refractivity contribution >= 4 is 11.6 Å². The second-order valence-corrected chi connectivity index (χ2v) is 4.14. The minimum absolute atomic E-state index is 0.134. The van der Waals surface area contributed by atoms with E-state index in [1.165, 1.54) is 0 Å². The molecule has 0 saturated heterocycles. The molecular weight excluding hydrogens is 240 g/mol. The van der Waals surface area contributed by atoms with Crippen LogP contribution in [0.2, 0.25) is 0 Å². The molecule has 0 amide bonds. The third-order valence-electron chi connectivity index (χ3n) is 2.34. The highest BCUT2D eigenvalue weighted by molar-refractivity contribution is 6.18. The number of nitrogens with zero attached hydrogens (tertiary/aromatic N) is 1. The monoisotopic (exact) mass is 258 g/mol. The van der Waals surface area contributed by atoms with Gasteiger partial charge in [-0.2, -0.15) is 0 Å². The summed E-state index contributed by atoms with van der Waals surface area (Å²) in [4.78, 5) is 4.42. The van der Waals surface area contributed by atoms with E-state index in [2.05, 4.69) is 10.3 Å². The number of nitrogens with one attached hydrogen (secondary N) is 1. The molecule has 0 aromatic carbocycles. The van der Waals surface area contributed by atoms with Gasteiger partial charge < -0.3 is 14.8 Å². The van der Waals surface area contributed by atoms with E-state index < -0.39 is 0 Å². The van der Waals surface area contributed by atoms with Crippen molar-refractivity contribution in [3.05, 3.63) is 23.5 Å². The van der Waals surface area contributed by atoms with Gasteiger partial charge in [-0.3, -0.25) is 4.98 Å². The number of aryl methyl sites for hydroxylation is 1. The van der Waals surface area contributed by atoms with Gasteiger partial charge in [-0.25, -0.2) is 0 Å². The first kappa shape index (κ1) is 14.2. The molecule has 1 unspecified atom stereocenters. The van der Waals surface area contributed by atoms with Gasteiger partial charge in [0.2, 0.25) is 0 Å². The van der Waals surface area contributed by atoms with Crippen LogP contribution in [0.5, 0.6) is 5.75 Å². The first-order valence-corrected chi connectivity index (χ1v) is 6.03. The van der Waals surface area contributed by atoms with Crippen LogP contribution in [0.4, 0.5) is 0 Å². The second kappa shape index (κ2) is 7.48. The van der Waals surface area contributed by atoms with E-state index in [1.54, 1.807) is 14.2 Å². The normalized spacial score (nSPS) is 12.5. The van der Waals surface area contributed by atoms with Crippen molar-refractivity contribution in [2.75, 3.05) is 26.7 Å². The summed E-state index contributed by atoms with van der Waals surface area (Å²) in [6.45, 7) is 3.19. The van der Waals surface area contributed by atoms with Crippen molar-refractivity contribution in [1.82, 2.24) is 10.3 Å². The molecule has 0 fully saturated rings. The Labute approximate surface area is 107 Å². The smallest absolute Gasteiger partial charge is 0.122 e. The van der Waals surface area contributed by atoms with E-state index in [-0.39, 0.29) is 6.04 Å². The number of hydrogen-bond donors (Lipinski definition) is 1. The van der Waals surface area contributed by atoms with Crippen LogP contribution in [0.3, 0.4) is 0 Å². The Morgan fingerprint density at radius 2 is 2.18 bits per heavy atom. The Morgan fingerprint density at radius 1 is 1.41 bits per heavy atom. The summed E-state index contributed by atoms with van der Waals surface area (Å²) in [5.41, 5.74) is 1.88. The van der Waals surface area contributed by atoms with Gasteiger partial charge in [-0.1, -0.05) is 0 Å². The third-order valence-corrected chi connectivity index (χ3v) is 2.71. The second-order valence-electron chi connectivity index (χ2n) is 3.83. The zero-order valence-corrected chi connectivity index (χ0v) is 11.3. The fourth-order valence-electron chi connectivity index (χ4n) is 1.52. The van der Waals surface area contributed by atoms with Crippen LogP contribution in [0.15, 0.2) is 12.1 Å². The molecule has 1 heterocycles. The molecule has 0 radical (unpaired) electrons. The summed E-state index contributed by atoms with van der Waals surface area (Å²) in [5.74, 6) is 1.33. The van der Waals surface area contributed by atoms with Gasteiger partial charge in [-0.15, -0.1) is 11.6 Å². The van der Waals surface area contributed by atoms with Crippen molar-refractivity contribution in [3.63, 3.8) is 0 Å². The lowest BCUT2D eigenvalue weighted by Gasteiger charge is -2.15. The Morgan fingerprint density at radius 3 is 2.76 bits per heavy atom. The molecule has 96 valence electrons. The number of hydrogen-bond acceptors (Lipinski definition) is 4. The maximum Gasteiger partial charge on any atom is 0.122 e. The molecule has 1 aromatic heterocycles. The topological polar surface area (TPSA) is 43.4 Å². The molecule has 0 aliphatic carbocycles. The van der Waals surface area contributed by atoms with E-state index >= 15 is 0 Å². The van der Waals surface area contributed by atoms with Gasteiger partial charge in [0.05, 0.1) is 19.4 Å². The van der Waals surface area contributed by atoms with Crippen molar-refractivity contribution in [1.29, 1.82) is 0 Å². The van der Waals surface area contributed by atoms with E-state index in [4.69, 9.17) is 21.1 Å². The number of halogens is 1. The van der Waals surface area contributed by atoms with Crippen LogP contribution in [0, 0.1) is 6.92 Å². The summed E-state index contributed by atoms with van der Waals surface area (Å²) in [7, 11) is 3.31. The van der Waals surface area contributed by atoms with Crippen LogP contribution in [-0.4, -0.2) is 37.7 Å². The Kier molecular flexibility index (Phi) is 6.26. The van der Waals surface area contributed by atoms with E-state index in [0.717, 1.165) is 17.1 Å². The van der Waals surface area contributed by atoms with Crippen LogP contribution < -0.4 is 10.1 Å². The standard InChI is InChI=1S/C12H19ClN2O2/c1-9-4-12(17-3)5-10(15-9)7-14-11(6-13)8-16-2/h4-5,11,14H,6-8H2,1-3H3. The molecule has 5 heteroatoms. The van der Waals surface area contributed by atoms with E-state index in [1.807, 2.05) is 19.1 Å². The average molecular weight is 259 g/mol. The maximum absolute atomic E-state index is 5.81. The maximum atomic E-state index is 5.81. The molecule has 17 heavy (non-hydrogen) atoms. The van der Waals surface area contributed by atoms with E-state index in [0.29, 0.717) is 19.0 Å². The van der Waals surface area contributed by atoms with Gasteiger partial charge in [0.1, 0.15) is 5.75 Å². The Bertz CT molecular complexity index is 347. The summed E-state index contributed by atoms with van der Waals surface area (Å²) in [6, 6.07) is 3.95. The molecule has 1 rings (SSSR count). The molecule has 0 saturated carbocycles. The lowest BCUT2D eigenvalue weighted by molar-refractivity contribution is 0.172. The zero-order chi connectivity index (χ0) is 12.7. The van der Waals surface area contributed by atoms with Crippen LogP contribution in [-0.2, 0) is 11.3 Å². The number of methoxy groups -OCH3 is 2. The summed E-state index contributed by atoms with van der Waals surface area (Å²) in [5, 5.41) is 3.29. The summed E-state index contributed by atoms with van der Waals surface area (Å²) in [6.07, 6.45) is 0. The fourth-order valence-corrected chi connectivity index (χ4v) is 1.72. The molecule has 4 nitrogen and oxygen atoms in total. The highest BCUT2D eigenvalue weighted by Crippen LogP contribution is 2.13. The SMILES string of the molecule is COCC(CCl)NCc1cc(OC)cc(C)n1. The Balaban J connectivity index is 2.58. The molecule has 1 atom stereocenters. The minimum Gasteiger partial charge on any atom is -0.497 e. The largest absolute Gasteiger partial charge is 0.497 e. The Hall–Kier alpha value is -0.840. The van der Waals surface area contributed by atoms with Crippen LogP contribution >= 0.6 is 11.6 Å². The first-order valence-electron chi connectivity index (χ1n) is 5.49. The van der Waals surface area contributed by atoms with Gasteiger partial charge in [0.25, 0.3) is 0 Å². The highest BCUT2D eigenvalue weighted by Gasteiger charge is 2.07.